The van der Waals surface area contributed by atoms with Crippen molar-refractivity contribution in [2.45, 2.75) is 46.5 Å². The number of hydrogen-bond acceptors (Lipinski definition) is 2. The molecule has 0 atom stereocenters. The van der Waals surface area contributed by atoms with Crippen molar-refractivity contribution in [1.29, 1.82) is 0 Å². The molecule has 0 N–H and O–H groups in total. The van der Waals surface area contributed by atoms with Crippen LogP contribution in [0.2, 0.25) is 0 Å². The zero-order valence-corrected chi connectivity index (χ0v) is 10.6. The van der Waals surface area contributed by atoms with Gasteiger partial charge in [0.05, 0.1) is 13.2 Å². The monoisotopic (exact) mass is 214 g/mol. The summed E-state index contributed by atoms with van der Waals surface area (Å²) in [6.45, 7) is 9.96. The van der Waals surface area contributed by atoms with Crippen molar-refractivity contribution in [2.75, 3.05) is 26.4 Å². The lowest BCUT2D eigenvalue weighted by Gasteiger charge is -2.46. The van der Waals surface area contributed by atoms with Gasteiger partial charge in [0.2, 0.25) is 0 Å². The number of hydrogen-bond donors (Lipinski definition) is 0. The van der Waals surface area contributed by atoms with Gasteiger partial charge >= 0.3 is 0 Å². The van der Waals surface area contributed by atoms with Gasteiger partial charge in [0.25, 0.3) is 0 Å². The van der Waals surface area contributed by atoms with E-state index in [0.717, 1.165) is 32.3 Å². The van der Waals surface area contributed by atoms with Crippen LogP contribution in [0.25, 0.3) is 0 Å². The molecule has 1 aliphatic heterocycles. The highest BCUT2D eigenvalue weighted by molar-refractivity contribution is 4.90. The quantitative estimate of drug-likeness (QED) is 0.718. The zero-order chi connectivity index (χ0) is 11.1. The average Bonchev–Trinajstić information content (AvgIpc) is 2.28. The fourth-order valence-corrected chi connectivity index (χ4v) is 2.42. The second-order valence-electron chi connectivity index (χ2n) is 4.60. The summed E-state index contributed by atoms with van der Waals surface area (Å²) >= 11 is 0. The van der Waals surface area contributed by atoms with Gasteiger partial charge in [-0.1, -0.05) is 13.8 Å². The van der Waals surface area contributed by atoms with Gasteiger partial charge in [-0.05, 0) is 38.5 Å². The highest BCUT2D eigenvalue weighted by Gasteiger charge is 2.41. The van der Waals surface area contributed by atoms with Gasteiger partial charge in [0.15, 0.2) is 0 Å². The van der Waals surface area contributed by atoms with Crippen LogP contribution >= 0.6 is 0 Å². The lowest BCUT2D eigenvalue weighted by atomic mass is 9.69. The van der Waals surface area contributed by atoms with Gasteiger partial charge in [0, 0.05) is 18.6 Å². The summed E-state index contributed by atoms with van der Waals surface area (Å²) in [7, 11) is 0. The molecule has 90 valence electrons. The molecule has 2 aliphatic rings. The Labute approximate surface area is 94.3 Å². The number of rotatable bonds is 3. The molecule has 0 radical (unpaired) electrons. The van der Waals surface area contributed by atoms with E-state index >= 15 is 0 Å². The van der Waals surface area contributed by atoms with Crippen molar-refractivity contribution in [3.8, 4) is 0 Å². The highest BCUT2D eigenvalue weighted by Crippen LogP contribution is 2.44. The van der Waals surface area contributed by atoms with Gasteiger partial charge in [0.1, 0.15) is 0 Å². The Morgan fingerprint density at radius 3 is 2.20 bits per heavy atom. The molecule has 0 aromatic heterocycles. The number of ether oxygens (including phenoxy) is 2. The minimum absolute atomic E-state index is 0.600. The Balaban J connectivity index is 0.000000531. The van der Waals surface area contributed by atoms with Crippen LogP contribution in [-0.2, 0) is 9.47 Å². The Morgan fingerprint density at radius 2 is 1.80 bits per heavy atom. The third-order valence-corrected chi connectivity index (χ3v) is 3.54. The Kier molecular flexibility index (Phi) is 5.62. The molecule has 1 heterocycles. The maximum absolute atomic E-state index is 5.46. The van der Waals surface area contributed by atoms with Crippen molar-refractivity contribution in [3.63, 3.8) is 0 Å². The zero-order valence-electron chi connectivity index (χ0n) is 10.6. The minimum Gasteiger partial charge on any atom is -0.381 e. The Hall–Kier alpha value is -0.0800. The molecule has 1 saturated heterocycles. The molecule has 2 fully saturated rings. The van der Waals surface area contributed by atoms with Crippen LogP contribution in [0.1, 0.15) is 46.5 Å². The predicted octanol–water partition coefficient (Wildman–Crippen LogP) is 3.26. The van der Waals surface area contributed by atoms with Gasteiger partial charge in [-0.15, -0.1) is 0 Å². The average molecular weight is 214 g/mol. The molecule has 2 nitrogen and oxygen atoms in total. The van der Waals surface area contributed by atoms with E-state index in [1.54, 1.807) is 0 Å². The summed E-state index contributed by atoms with van der Waals surface area (Å²) in [6.07, 6.45) is 5.43. The fraction of sp³-hybridized carbons (Fsp3) is 1.00. The van der Waals surface area contributed by atoms with E-state index in [2.05, 4.69) is 6.92 Å². The first kappa shape index (κ1) is 13.0. The largest absolute Gasteiger partial charge is 0.381 e. The lowest BCUT2D eigenvalue weighted by Crippen LogP contribution is -2.45. The summed E-state index contributed by atoms with van der Waals surface area (Å²) in [5.74, 6) is 0.825. The van der Waals surface area contributed by atoms with Gasteiger partial charge in [-0.3, -0.25) is 0 Å². The molecule has 0 bridgehead atoms. The summed E-state index contributed by atoms with van der Waals surface area (Å²) in [5, 5.41) is 0. The lowest BCUT2D eigenvalue weighted by molar-refractivity contribution is -0.139. The highest BCUT2D eigenvalue weighted by atomic mass is 16.5. The topological polar surface area (TPSA) is 18.5 Å². The van der Waals surface area contributed by atoms with E-state index in [9.17, 15) is 0 Å². The first-order chi connectivity index (χ1) is 7.35. The maximum atomic E-state index is 5.46. The smallest absolute Gasteiger partial charge is 0.0544 e. The summed E-state index contributed by atoms with van der Waals surface area (Å²) in [4.78, 5) is 0. The van der Waals surface area contributed by atoms with E-state index in [1.807, 2.05) is 13.8 Å². The third-order valence-electron chi connectivity index (χ3n) is 3.54. The predicted molar refractivity (Wildman–Crippen MR) is 63.1 cm³/mol. The van der Waals surface area contributed by atoms with E-state index in [-0.39, 0.29) is 0 Å². The van der Waals surface area contributed by atoms with Crippen molar-refractivity contribution >= 4 is 0 Å². The molecule has 1 saturated carbocycles. The minimum atomic E-state index is 0.600. The van der Waals surface area contributed by atoms with Gasteiger partial charge < -0.3 is 9.47 Å². The summed E-state index contributed by atoms with van der Waals surface area (Å²) in [6, 6.07) is 0. The molecular weight excluding hydrogens is 188 g/mol. The molecule has 1 spiro atoms. The fourth-order valence-electron chi connectivity index (χ4n) is 2.42. The summed E-state index contributed by atoms with van der Waals surface area (Å²) in [5.41, 5.74) is 0.600. The second-order valence-corrected chi connectivity index (χ2v) is 4.60. The van der Waals surface area contributed by atoms with Crippen LogP contribution in [0.4, 0.5) is 0 Å². The van der Waals surface area contributed by atoms with Crippen molar-refractivity contribution in [1.82, 2.24) is 0 Å². The van der Waals surface area contributed by atoms with E-state index < -0.39 is 0 Å². The van der Waals surface area contributed by atoms with Crippen molar-refractivity contribution in [3.05, 3.63) is 0 Å². The Bertz CT molecular complexity index is 154. The van der Waals surface area contributed by atoms with Crippen molar-refractivity contribution in [2.24, 2.45) is 11.3 Å². The molecule has 1 aliphatic carbocycles. The normalized spacial score (nSPS) is 24.2. The first-order valence-electron chi connectivity index (χ1n) is 6.50. The molecule has 0 aromatic carbocycles. The molecule has 0 aromatic rings. The van der Waals surface area contributed by atoms with E-state index in [4.69, 9.17) is 9.47 Å². The standard InChI is InChI=1S/C11H20O2.C2H6/c1-2-12-7-10-3-5-11(6-4-10)8-13-9-11;1-2/h10H,2-9H2,1H3;1-2H3. The van der Waals surface area contributed by atoms with Crippen LogP contribution in [-0.4, -0.2) is 26.4 Å². The molecule has 15 heavy (non-hydrogen) atoms. The Morgan fingerprint density at radius 1 is 1.20 bits per heavy atom. The molecule has 2 heteroatoms. The van der Waals surface area contributed by atoms with E-state index in [0.29, 0.717) is 5.41 Å². The van der Waals surface area contributed by atoms with Gasteiger partial charge in [-0.2, -0.15) is 0 Å². The van der Waals surface area contributed by atoms with Crippen molar-refractivity contribution < 1.29 is 9.47 Å². The van der Waals surface area contributed by atoms with Crippen LogP contribution in [0.15, 0.2) is 0 Å². The SMILES string of the molecule is CC.CCOCC1CCC2(CC1)COC2. The van der Waals surface area contributed by atoms with Crippen LogP contribution in [0, 0.1) is 11.3 Å². The van der Waals surface area contributed by atoms with Crippen LogP contribution < -0.4 is 0 Å². The maximum Gasteiger partial charge on any atom is 0.0544 e. The molecular formula is C13H26O2. The van der Waals surface area contributed by atoms with E-state index in [1.165, 1.54) is 25.7 Å². The van der Waals surface area contributed by atoms with Gasteiger partial charge in [-0.25, -0.2) is 0 Å². The van der Waals surface area contributed by atoms with Crippen LogP contribution in [0.3, 0.4) is 0 Å². The molecule has 0 unspecified atom stereocenters. The second kappa shape index (κ2) is 6.49. The van der Waals surface area contributed by atoms with Crippen LogP contribution in [0.5, 0.6) is 0 Å². The third kappa shape index (κ3) is 3.46. The first-order valence-corrected chi connectivity index (χ1v) is 6.50. The molecule has 2 rings (SSSR count). The molecule has 0 amide bonds. The summed E-state index contributed by atoms with van der Waals surface area (Å²) < 4.78 is 10.8.